The molecule has 2 rings (SSSR count). The Morgan fingerprint density at radius 1 is 1.43 bits per heavy atom. The first-order chi connectivity index (χ1) is 9.47. The molecular formula is C17H27ClN2O. The molecule has 1 aliphatic rings. The summed E-state index contributed by atoms with van der Waals surface area (Å²) in [5.41, 5.74) is 9.55. The highest BCUT2D eigenvalue weighted by Gasteiger charge is 2.25. The van der Waals surface area contributed by atoms with Crippen LogP contribution in [-0.4, -0.2) is 29.9 Å². The van der Waals surface area contributed by atoms with Crippen molar-refractivity contribution in [2.24, 2.45) is 11.7 Å². The molecule has 2 unspecified atom stereocenters. The molecule has 1 aromatic carbocycles. The Balaban J connectivity index is 0.00000220. The maximum atomic E-state index is 12.5. The fourth-order valence-corrected chi connectivity index (χ4v) is 2.93. The van der Waals surface area contributed by atoms with Gasteiger partial charge in [-0.15, -0.1) is 12.4 Å². The van der Waals surface area contributed by atoms with E-state index in [4.69, 9.17) is 5.73 Å². The third-order valence-corrected chi connectivity index (χ3v) is 4.40. The number of aryl methyl sites for hydroxylation is 2. The summed E-state index contributed by atoms with van der Waals surface area (Å²) >= 11 is 0. The zero-order valence-electron chi connectivity index (χ0n) is 13.3. The van der Waals surface area contributed by atoms with Gasteiger partial charge >= 0.3 is 0 Å². The van der Waals surface area contributed by atoms with Gasteiger partial charge < -0.3 is 10.6 Å². The predicted octanol–water partition coefficient (Wildman–Crippen LogP) is 2.85. The summed E-state index contributed by atoms with van der Waals surface area (Å²) in [6.07, 6.45) is 2.73. The van der Waals surface area contributed by atoms with Gasteiger partial charge in [-0.1, -0.05) is 23.8 Å². The number of halogens is 1. The Morgan fingerprint density at radius 3 is 2.81 bits per heavy atom. The lowest BCUT2D eigenvalue weighted by Crippen LogP contribution is -2.45. The van der Waals surface area contributed by atoms with Gasteiger partial charge in [0.2, 0.25) is 5.91 Å². The number of nitrogens with two attached hydrogens (primary N) is 1. The Morgan fingerprint density at radius 2 is 2.14 bits per heavy atom. The molecule has 0 aliphatic carbocycles. The molecule has 3 nitrogen and oxygen atoms in total. The van der Waals surface area contributed by atoms with Gasteiger partial charge in [-0.3, -0.25) is 4.79 Å². The molecule has 2 atom stereocenters. The summed E-state index contributed by atoms with van der Waals surface area (Å²) in [4.78, 5) is 14.5. The summed E-state index contributed by atoms with van der Waals surface area (Å²) in [5, 5.41) is 0. The van der Waals surface area contributed by atoms with Crippen molar-refractivity contribution in [3.05, 3.63) is 34.9 Å². The number of piperidine rings is 1. The second kappa shape index (κ2) is 7.81. The number of nitrogens with zero attached hydrogens (tertiary/aromatic N) is 1. The number of carbonyl (C=O) groups is 1. The zero-order valence-corrected chi connectivity index (χ0v) is 14.1. The average molecular weight is 311 g/mol. The predicted molar refractivity (Wildman–Crippen MR) is 89.8 cm³/mol. The fraction of sp³-hybridized carbons (Fsp3) is 0.588. The number of carbonyl (C=O) groups excluding carboxylic acids is 1. The van der Waals surface area contributed by atoms with Gasteiger partial charge in [0, 0.05) is 19.1 Å². The molecule has 0 radical (unpaired) electrons. The van der Waals surface area contributed by atoms with Crippen LogP contribution in [0.1, 0.15) is 36.5 Å². The van der Waals surface area contributed by atoms with Crippen LogP contribution in [0.2, 0.25) is 0 Å². The maximum absolute atomic E-state index is 12.5. The molecule has 118 valence electrons. The van der Waals surface area contributed by atoms with Gasteiger partial charge in [-0.05, 0) is 50.7 Å². The molecule has 1 saturated heterocycles. The van der Waals surface area contributed by atoms with E-state index in [2.05, 4.69) is 32.0 Å². The van der Waals surface area contributed by atoms with Crippen LogP contribution in [0.3, 0.4) is 0 Å². The van der Waals surface area contributed by atoms with Crippen LogP contribution in [0.15, 0.2) is 18.2 Å². The minimum atomic E-state index is 0. The van der Waals surface area contributed by atoms with Crippen molar-refractivity contribution in [1.29, 1.82) is 0 Å². The molecule has 0 bridgehead atoms. The lowest BCUT2D eigenvalue weighted by molar-refractivity contribution is -0.132. The van der Waals surface area contributed by atoms with E-state index in [9.17, 15) is 4.79 Å². The van der Waals surface area contributed by atoms with Crippen molar-refractivity contribution in [2.75, 3.05) is 13.1 Å². The monoisotopic (exact) mass is 310 g/mol. The van der Waals surface area contributed by atoms with E-state index in [0.29, 0.717) is 12.3 Å². The van der Waals surface area contributed by atoms with E-state index >= 15 is 0 Å². The smallest absolute Gasteiger partial charge is 0.227 e. The Labute approximate surface area is 134 Å². The van der Waals surface area contributed by atoms with Gasteiger partial charge in [0.25, 0.3) is 0 Å². The Kier molecular flexibility index (Phi) is 6.69. The average Bonchev–Trinajstić information content (AvgIpc) is 2.43. The molecule has 0 saturated carbocycles. The first-order valence-corrected chi connectivity index (χ1v) is 7.57. The zero-order chi connectivity index (χ0) is 14.7. The summed E-state index contributed by atoms with van der Waals surface area (Å²) in [6.45, 7) is 7.89. The van der Waals surface area contributed by atoms with Gasteiger partial charge in [-0.25, -0.2) is 0 Å². The van der Waals surface area contributed by atoms with Gasteiger partial charge in [0.05, 0.1) is 6.42 Å². The van der Waals surface area contributed by atoms with Crippen LogP contribution in [0, 0.1) is 19.8 Å². The molecule has 1 amide bonds. The molecule has 4 heteroatoms. The van der Waals surface area contributed by atoms with Gasteiger partial charge in [0.1, 0.15) is 0 Å². The van der Waals surface area contributed by atoms with E-state index in [1.165, 1.54) is 11.1 Å². The van der Waals surface area contributed by atoms with Crippen molar-refractivity contribution in [3.63, 3.8) is 0 Å². The first kappa shape index (κ1) is 18.0. The second-order valence-corrected chi connectivity index (χ2v) is 6.21. The Hall–Kier alpha value is -1.06. The molecule has 0 aromatic heterocycles. The molecular weight excluding hydrogens is 284 g/mol. The highest BCUT2D eigenvalue weighted by molar-refractivity contribution is 5.85. The lowest BCUT2D eigenvalue weighted by Gasteiger charge is -2.34. The van der Waals surface area contributed by atoms with E-state index in [0.717, 1.165) is 31.5 Å². The molecule has 2 N–H and O–H groups in total. The van der Waals surface area contributed by atoms with Crippen molar-refractivity contribution in [1.82, 2.24) is 4.90 Å². The highest BCUT2D eigenvalue weighted by Crippen LogP contribution is 2.20. The quantitative estimate of drug-likeness (QED) is 0.933. The Bertz CT molecular complexity index is 488. The van der Waals surface area contributed by atoms with Crippen molar-refractivity contribution >= 4 is 18.3 Å². The second-order valence-electron chi connectivity index (χ2n) is 6.21. The number of rotatable bonds is 3. The number of benzene rings is 1. The molecule has 1 aliphatic heterocycles. The number of hydrogen-bond acceptors (Lipinski definition) is 2. The SMILES string of the molecule is Cc1ccc(C)c(CC(=O)N2CCCC(C(C)N)C2)c1.Cl. The van der Waals surface area contributed by atoms with Crippen LogP contribution in [0.5, 0.6) is 0 Å². The molecule has 21 heavy (non-hydrogen) atoms. The van der Waals surface area contributed by atoms with Crippen LogP contribution in [-0.2, 0) is 11.2 Å². The van der Waals surface area contributed by atoms with E-state index < -0.39 is 0 Å². The lowest BCUT2D eigenvalue weighted by atomic mass is 9.91. The number of hydrogen-bond donors (Lipinski definition) is 1. The highest BCUT2D eigenvalue weighted by atomic mass is 35.5. The largest absolute Gasteiger partial charge is 0.342 e. The van der Waals surface area contributed by atoms with E-state index in [1.54, 1.807) is 0 Å². The fourth-order valence-electron chi connectivity index (χ4n) is 2.93. The minimum Gasteiger partial charge on any atom is -0.342 e. The van der Waals surface area contributed by atoms with Crippen LogP contribution < -0.4 is 5.73 Å². The van der Waals surface area contributed by atoms with Gasteiger partial charge in [0.15, 0.2) is 0 Å². The normalized spacial score (nSPS) is 19.8. The summed E-state index contributed by atoms with van der Waals surface area (Å²) in [5.74, 6) is 0.690. The topological polar surface area (TPSA) is 46.3 Å². The van der Waals surface area contributed by atoms with Crippen molar-refractivity contribution in [3.8, 4) is 0 Å². The van der Waals surface area contributed by atoms with Crippen molar-refractivity contribution in [2.45, 2.75) is 46.1 Å². The molecule has 1 aromatic rings. The number of likely N-dealkylation sites (tertiary alicyclic amines) is 1. The van der Waals surface area contributed by atoms with Crippen LogP contribution >= 0.6 is 12.4 Å². The summed E-state index contributed by atoms with van der Waals surface area (Å²) < 4.78 is 0. The maximum Gasteiger partial charge on any atom is 0.227 e. The van der Waals surface area contributed by atoms with Gasteiger partial charge in [-0.2, -0.15) is 0 Å². The van der Waals surface area contributed by atoms with Crippen LogP contribution in [0.25, 0.3) is 0 Å². The molecule has 1 heterocycles. The summed E-state index contributed by atoms with van der Waals surface area (Å²) in [7, 11) is 0. The third kappa shape index (κ3) is 4.72. The van der Waals surface area contributed by atoms with E-state index in [-0.39, 0.29) is 24.4 Å². The molecule has 1 fully saturated rings. The van der Waals surface area contributed by atoms with Crippen LogP contribution in [0.4, 0.5) is 0 Å². The van der Waals surface area contributed by atoms with E-state index in [1.807, 2.05) is 11.8 Å². The minimum absolute atomic E-state index is 0. The third-order valence-electron chi connectivity index (χ3n) is 4.40. The standard InChI is InChI=1S/C17H26N2O.ClH/c1-12-6-7-13(2)16(9-12)10-17(20)19-8-4-5-15(11-19)14(3)18;/h6-7,9,14-15H,4-5,8,10-11,18H2,1-3H3;1H. The number of amides is 1. The first-order valence-electron chi connectivity index (χ1n) is 7.57. The molecule has 0 spiro atoms. The summed E-state index contributed by atoms with van der Waals surface area (Å²) in [6, 6.07) is 6.49. The van der Waals surface area contributed by atoms with Crippen molar-refractivity contribution < 1.29 is 4.79 Å².